The highest BCUT2D eigenvalue weighted by atomic mass is 16.5. The number of hydrogen-bond donors (Lipinski definition) is 2. The van der Waals surface area contributed by atoms with E-state index in [-0.39, 0.29) is 23.8 Å². The normalized spacial score (nSPS) is 15.7. The highest BCUT2D eigenvalue weighted by Crippen LogP contribution is 2.35. The minimum atomic E-state index is -0.342. The molecule has 0 saturated carbocycles. The number of rotatable bonds is 4. The highest BCUT2D eigenvalue weighted by molar-refractivity contribution is 5.94. The molecule has 2 N–H and O–H groups in total. The lowest BCUT2D eigenvalue weighted by molar-refractivity contribution is -0.116. The number of carbonyl (C=O) groups excluding carboxylic acids is 1. The number of fused-ring (bicyclic) bond motifs is 1. The van der Waals surface area contributed by atoms with Gasteiger partial charge in [-0.05, 0) is 24.6 Å². The van der Waals surface area contributed by atoms with Crippen LogP contribution in [0.3, 0.4) is 0 Å². The zero-order valence-electron chi connectivity index (χ0n) is 14.9. The second kappa shape index (κ2) is 7.07. The van der Waals surface area contributed by atoms with Crippen molar-refractivity contribution in [1.82, 2.24) is 9.97 Å². The predicted octanol–water partition coefficient (Wildman–Crippen LogP) is 3.31. The molecule has 0 aliphatic carbocycles. The number of nitrogens with zero attached hydrogens (tertiary/aromatic N) is 1. The molecule has 6 heteroatoms. The first-order chi connectivity index (χ1) is 13.2. The van der Waals surface area contributed by atoms with Gasteiger partial charge in [0.2, 0.25) is 5.91 Å². The van der Waals surface area contributed by atoms with Crippen molar-refractivity contribution in [2.24, 2.45) is 0 Å². The van der Waals surface area contributed by atoms with E-state index in [1.165, 1.54) is 0 Å². The van der Waals surface area contributed by atoms with E-state index in [0.29, 0.717) is 23.8 Å². The van der Waals surface area contributed by atoms with Gasteiger partial charge in [-0.1, -0.05) is 42.5 Å². The summed E-state index contributed by atoms with van der Waals surface area (Å²) in [5.41, 5.74) is 1.92. The Hall–Kier alpha value is -3.41. The molecule has 136 valence electrons. The Morgan fingerprint density at radius 2 is 1.81 bits per heavy atom. The molecule has 1 unspecified atom stereocenters. The molecule has 1 aliphatic heterocycles. The van der Waals surface area contributed by atoms with Crippen LogP contribution in [0.2, 0.25) is 0 Å². The molecule has 1 aliphatic rings. The van der Waals surface area contributed by atoms with Crippen LogP contribution in [0.25, 0.3) is 11.4 Å². The monoisotopic (exact) mass is 361 g/mol. The standard InChI is InChI=1S/C21H19N3O3/c1-2-27-15-10-8-13(9-11-15)16-12-17(25)22-20-18(16)21(26)24-19(23-20)14-6-4-3-5-7-14/h3-11,16H,2,12H2,1H3,(H2,22,23,24,25,26). The van der Waals surface area contributed by atoms with Crippen molar-refractivity contribution in [2.45, 2.75) is 19.3 Å². The fourth-order valence-corrected chi connectivity index (χ4v) is 3.35. The number of benzene rings is 2. The predicted molar refractivity (Wildman–Crippen MR) is 103 cm³/mol. The van der Waals surface area contributed by atoms with Gasteiger partial charge in [0.15, 0.2) is 0 Å². The van der Waals surface area contributed by atoms with E-state index < -0.39 is 0 Å². The lowest BCUT2D eigenvalue weighted by Gasteiger charge is -2.24. The van der Waals surface area contributed by atoms with Crippen molar-refractivity contribution < 1.29 is 9.53 Å². The minimum absolute atomic E-state index is 0.154. The molecule has 0 radical (unpaired) electrons. The Kier molecular flexibility index (Phi) is 4.46. The summed E-state index contributed by atoms with van der Waals surface area (Å²) < 4.78 is 5.47. The number of carbonyl (C=O) groups is 1. The first-order valence-corrected chi connectivity index (χ1v) is 8.88. The number of amides is 1. The zero-order chi connectivity index (χ0) is 18.8. The van der Waals surface area contributed by atoms with Crippen molar-refractivity contribution in [1.29, 1.82) is 0 Å². The van der Waals surface area contributed by atoms with Crippen LogP contribution in [0.4, 0.5) is 5.82 Å². The maximum atomic E-state index is 12.8. The van der Waals surface area contributed by atoms with Gasteiger partial charge in [-0.3, -0.25) is 9.59 Å². The molecule has 27 heavy (non-hydrogen) atoms. The second-order valence-electron chi connectivity index (χ2n) is 6.35. The fourth-order valence-electron chi connectivity index (χ4n) is 3.35. The van der Waals surface area contributed by atoms with Crippen LogP contribution in [-0.2, 0) is 4.79 Å². The van der Waals surface area contributed by atoms with E-state index in [1.807, 2.05) is 61.5 Å². The highest BCUT2D eigenvalue weighted by Gasteiger charge is 2.31. The van der Waals surface area contributed by atoms with Gasteiger partial charge >= 0.3 is 0 Å². The first-order valence-electron chi connectivity index (χ1n) is 8.88. The molecule has 0 bridgehead atoms. The van der Waals surface area contributed by atoms with Gasteiger partial charge in [0.1, 0.15) is 17.4 Å². The molecule has 3 aromatic rings. The maximum Gasteiger partial charge on any atom is 0.257 e. The van der Waals surface area contributed by atoms with E-state index in [0.717, 1.165) is 16.9 Å². The summed E-state index contributed by atoms with van der Waals surface area (Å²) in [6.45, 7) is 2.50. The lowest BCUT2D eigenvalue weighted by atomic mass is 9.87. The van der Waals surface area contributed by atoms with Gasteiger partial charge in [-0.15, -0.1) is 0 Å². The van der Waals surface area contributed by atoms with E-state index in [4.69, 9.17) is 4.74 Å². The molecule has 2 heterocycles. The summed E-state index contributed by atoms with van der Waals surface area (Å²) >= 11 is 0. The number of aromatic amines is 1. The van der Waals surface area contributed by atoms with E-state index in [2.05, 4.69) is 15.3 Å². The molecule has 4 rings (SSSR count). The summed E-state index contributed by atoms with van der Waals surface area (Å²) in [7, 11) is 0. The van der Waals surface area contributed by atoms with Gasteiger partial charge in [-0.25, -0.2) is 4.98 Å². The molecule has 2 aromatic carbocycles. The van der Waals surface area contributed by atoms with E-state index in [9.17, 15) is 9.59 Å². The third-order valence-corrected chi connectivity index (χ3v) is 4.59. The van der Waals surface area contributed by atoms with Crippen LogP contribution in [-0.4, -0.2) is 22.5 Å². The summed E-state index contributed by atoms with van der Waals surface area (Å²) in [6.07, 6.45) is 0.205. The largest absolute Gasteiger partial charge is 0.494 e. The zero-order valence-corrected chi connectivity index (χ0v) is 14.9. The summed E-state index contributed by atoms with van der Waals surface area (Å²) in [6, 6.07) is 16.8. The van der Waals surface area contributed by atoms with Crippen molar-refractivity contribution >= 4 is 11.7 Å². The lowest BCUT2D eigenvalue weighted by Crippen LogP contribution is -2.31. The SMILES string of the molecule is CCOc1ccc(C2CC(=O)Nc3nc(-c4ccccc4)[nH]c(=O)c32)cc1. The van der Waals surface area contributed by atoms with Crippen molar-refractivity contribution in [3.05, 3.63) is 76.1 Å². The van der Waals surface area contributed by atoms with Crippen LogP contribution in [0.1, 0.15) is 30.4 Å². The third kappa shape index (κ3) is 3.33. The molecule has 1 amide bonds. The van der Waals surface area contributed by atoms with Crippen LogP contribution >= 0.6 is 0 Å². The Bertz CT molecular complexity index is 1030. The Morgan fingerprint density at radius 3 is 2.52 bits per heavy atom. The molecule has 0 fully saturated rings. The van der Waals surface area contributed by atoms with Crippen LogP contribution in [0, 0.1) is 0 Å². The summed E-state index contributed by atoms with van der Waals surface area (Å²) in [5, 5.41) is 2.75. The second-order valence-corrected chi connectivity index (χ2v) is 6.35. The van der Waals surface area contributed by atoms with Crippen molar-refractivity contribution in [3.8, 4) is 17.1 Å². The number of H-pyrrole nitrogens is 1. The molecular formula is C21H19N3O3. The minimum Gasteiger partial charge on any atom is -0.494 e. The number of anilines is 1. The Balaban J connectivity index is 1.78. The molecule has 0 saturated heterocycles. The maximum absolute atomic E-state index is 12.8. The topological polar surface area (TPSA) is 84.1 Å². The third-order valence-electron chi connectivity index (χ3n) is 4.59. The Morgan fingerprint density at radius 1 is 1.07 bits per heavy atom. The van der Waals surface area contributed by atoms with Crippen LogP contribution in [0.15, 0.2) is 59.4 Å². The Labute approximate surface area is 156 Å². The molecular weight excluding hydrogens is 342 g/mol. The van der Waals surface area contributed by atoms with Gasteiger partial charge in [0.25, 0.3) is 5.56 Å². The first kappa shape index (κ1) is 17.0. The number of ether oxygens (including phenoxy) is 1. The van der Waals surface area contributed by atoms with E-state index in [1.54, 1.807) is 0 Å². The fraction of sp³-hybridized carbons (Fsp3) is 0.190. The van der Waals surface area contributed by atoms with Crippen LogP contribution < -0.4 is 15.6 Å². The average molecular weight is 361 g/mol. The quantitative estimate of drug-likeness (QED) is 0.747. The number of hydrogen-bond acceptors (Lipinski definition) is 4. The van der Waals surface area contributed by atoms with Gasteiger partial charge in [-0.2, -0.15) is 0 Å². The number of nitrogens with one attached hydrogen (secondary N) is 2. The molecule has 0 spiro atoms. The summed E-state index contributed by atoms with van der Waals surface area (Å²) in [4.78, 5) is 32.5. The molecule has 1 atom stereocenters. The number of aromatic nitrogens is 2. The van der Waals surface area contributed by atoms with Crippen molar-refractivity contribution in [2.75, 3.05) is 11.9 Å². The van der Waals surface area contributed by atoms with Gasteiger partial charge in [0, 0.05) is 17.9 Å². The smallest absolute Gasteiger partial charge is 0.257 e. The molecule has 6 nitrogen and oxygen atoms in total. The van der Waals surface area contributed by atoms with Crippen LogP contribution in [0.5, 0.6) is 5.75 Å². The average Bonchev–Trinajstić information content (AvgIpc) is 2.68. The van der Waals surface area contributed by atoms with Gasteiger partial charge in [0.05, 0.1) is 12.2 Å². The summed E-state index contributed by atoms with van der Waals surface area (Å²) in [5.74, 6) is 1.02. The van der Waals surface area contributed by atoms with Crippen molar-refractivity contribution in [3.63, 3.8) is 0 Å². The van der Waals surface area contributed by atoms with E-state index >= 15 is 0 Å². The van der Waals surface area contributed by atoms with Gasteiger partial charge < -0.3 is 15.0 Å². The molecule has 1 aromatic heterocycles.